The van der Waals surface area contributed by atoms with Crippen LogP contribution in [0.15, 0.2) is 77.4 Å². The third kappa shape index (κ3) is 2.70. The van der Waals surface area contributed by atoms with E-state index in [1.165, 1.54) is 5.56 Å². The smallest absolute Gasteiger partial charge is 0.258 e. The van der Waals surface area contributed by atoms with Crippen LogP contribution in [0.4, 0.5) is 5.69 Å². The third-order valence-corrected chi connectivity index (χ3v) is 4.79. The number of nitrogens with one attached hydrogen (secondary N) is 1. The third-order valence-electron chi connectivity index (χ3n) is 4.79. The molecule has 4 heteroatoms. The molecule has 0 aliphatic carbocycles. The summed E-state index contributed by atoms with van der Waals surface area (Å²) in [5, 5.41) is 3.50. The zero-order valence-corrected chi connectivity index (χ0v) is 14.1. The summed E-state index contributed by atoms with van der Waals surface area (Å²) in [4.78, 5) is 15.1. The molecule has 1 aromatic heterocycles. The van der Waals surface area contributed by atoms with Gasteiger partial charge in [-0.3, -0.25) is 4.79 Å². The molecule has 25 heavy (non-hydrogen) atoms. The molecular formula is C21H20N2O2. The van der Waals surface area contributed by atoms with Gasteiger partial charge in [-0.15, -0.1) is 0 Å². The lowest BCUT2D eigenvalue weighted by molar-refractivity contribution is 0.0490. The fraction of sp³-hybridized carbons (Fsp3) is 0.190. The fourth-order valence-electron chi connectivity index (χ4n) is 3.42. The summed E-state index contributed by atoms with van der Waals surface area (Å²) in [6.07, 6.45) is 2.43. The summed E-state index contributed by atoms with van der Waals surface area (Å²) in [5.41, 5.74) is 2.02. The van der Waals surface area contributed by atoms with Crippen LogP contribution < -0.4 is 5.32 Å². The molecule has 1 N–H and O–H groups in total. The number of carbonyl (C=O) groups excluding carboxylic acids is 1. The molecule has 126 valence electrons. The van der Waals surface area contributed by atoms with Crippen molar-refractivity contribution in [2.75, 3.05) is 11.9 Å². The van der Waals surface area contributed by atoms with Crippen molar-refractivity contribution in [3.8, 4) is 0 Å². The highest BCUT2D eigenvalue weighted by molar-refractivity contribution is 6.02. The predicted octanol–water partition coefficient (Wildman–Crippen LogP) is 4.26. The zero-order valence-electron chi connectivity index (χ0n) is 14.1. The van der Waals surface area contributed by atoms with Gasteiger partial charge in [0, 0.05) is 12.2 Å². The first-order valence-electron chi connectivity index (χ1n) is 8.45. The van der Waals surface area contributed by atoms with Crippen LogP contribution in [0.2, 0.25) is 0 Å². The van der Waals surface area contributed by atoms with Gasteiger partial charge in [-0.05, 0) is 43.2 Å². The molecule has 0 bridgehead atoms. The number of benzene rings is 2. The first kappa shape index (κ1) is 15.5. The number of hydrogen-bond donors (Lipinski definition) is 1. The Morgan fingerprint density at radius 2 is 1.76 bits per heavy atom. The number of carbonyl (C=O) groups is 1. The van der Waals surface area contributed by atoms with Crippen LogP contribution >= 0.6 is 0 Å². The minimum absolute atomic E-state index is 0.0178. The average molecular weight is 332 g/mol. The SMILES string of the molecule is CC1(c2ccco2)Nc2ccccc2C(=O)N1CCc1ccccc1. The number of nitrogens with zero attached hydrogens (tertiary/aromatic N) is 1. The van der Waals surface area contributed by atoms with Crippen molar-refractivity contribution in [3.05, 3.63) is 89.9 Å². The van der Waals surface area contributed by atoms with Crippen LogP contribution in [0.3, 0.4) is 0 Å². The highest BCUT2D eigenvalue weighted by atomic mass is 16.3. The van der Waals surface area contributed by atoms with Gasteiger partial charge in [0.25, 0.3) is 5.91 Å². The Hall–Kier alpha value is -3.01. The Morgan fingerprint density at radius 3 is 2.52 bits per heavy atom. The monoisotopic (exact) mass is 332 g/mol. The summed E-state index contributed by atoms with van der Waals surface area (Å²) in [6, 6.07) is 21.6. The van der Waals surface area contributed by atoms with Crippen molar-refractivity contribution in [2.45, 2.75) is 19.0 Å². The van der Waals surface area contributed by atoms with Crippen LogP contribution in [-0.2, 0) is 12.1 Å². The van der Waals surface area contributed by atoms with E-state index in [2.05, 4.69) is 17.4 Å². The van der Waals surface area contributed by atoms with E-state index in [1.807, 2.05) is 66.4 Å². The van der Waals surface area contributed by atoms with E-state index in [9.17, 15) is 4.79 Å². The van der Waals surface area contributed by atoms with Crippen molar-refractivity contribution in [1.29, 1.82) is 0 Å². The molecule has 4 rings (SSSR count). The van der Waals surface area contributed by atoms with Gasteiger partial charge < -0.3 is 14.6 Å². The van der Waals surface area contributed by atoms with E-state index in [1.54, 1.807) is 6.26 Å². The molecule has 4 nitrogen and oxygen atoms in total. The zero-order chi connectivity index (χ0) is 17.3. The summed E-state index contributed by atoms with van der Waals surface area (Å²) in [6.45, 7) is 2.59. The molecule has 0 spiro atoms. The highest BCUT2D eigenvalue weighted by Crippen LogP contribution is 2.37. The van der Waals surface area contributed by atoms with Crippen LogP contribution in [0.5, 0.6) is 0 Å². The fourth-order valence-corrected chi connectivity index (χ4v) is 3.42. The second-order valence-electron chi connectivity index (χ2n) is 6.41. The second-order valence-corrected chi connectivity index (χ2v) is 6.41. The Morgan fingerprint density at radius 1 is 1.00 bits per heavy atom. The molecule has 1 atom stereocenters. The molecule has 0 saturated carbocycles. The van der Waals surface area contributed by atoms with Gasteiger partial charge >= 0.3 is 0 Å². The molecule has 0 radical (unpaired) electrons. The normalized spacial score (nSPS) is 19.4. The van der Waals surface area contributed by atoms with Gasteiger partial charge in [0.15, 0.2) is 5.66 Å². The topological polar surface area (TPSA) is 45.5 Å². The van der Waals surface area contributed by atoms with Gasteiger partial charge in [-0.2, -0.15) is 0 Å². The molecule has 2 heterocycles. The summed E-state index contributed by atoms with van der Waals surface area (Å²) < 4.78 is 5.67. The molecule has 0 fully saturated rings. The number of rotatable bonds is 4. The number of furan rings is 1. The van der Waals surface area contributed by atoms with Gasteiger partial charge in [0.05, 0.1) is 11.8 Å². The maximum absolute atomic E-state index is 13.2. The minimum atomic E-state index is -0.719. The van der Waals surface area contributed by atoms with Gasteiger partial charge in [-0.25, -0.2) is 0 Å². The second kappa shape index (κ2) is 6.13. The maximum atomic E-state index is 13.2. The molecule has 2 aromatic carbocycles. The van der Waals surface area contributed by atoms with Crippen LogP contribution in [0.25, 0.3) is 0 Å². The van der Waals surface area contributed by atoms with E-state index in [0.717, 1.165) is 17.9 Å². The van der Waals surface area contributed by atoms with Crippen LogP contribution in [0.1, 0.15) is 28.6 Å². The van der Waals surface area contributed by atoms with Crippen LogP contribution in [0, 0.1) is 0 Å². The van der Waals surface area contributed by atoms with Crippen LogP contribution in [-0.4, -0.2) is 17.4 Å². The van der Waals surface area contributed by atoms with Gasteiger partial charge in [0.2, 0.25) is 0 Å². The number of amides is 1. The average Bonchev–Trinajstić information content (AvgIpc) is 3.18. The van der Waals surface area contributed by atoms with Gasteiger partial charge in [-0.1, -0.05) is 42.5 Å². The maximum Gasteiger partial charge on any atom is 0.258 e. The molecule has 1 amide bonds. The van der Waals surface area contributed by atoms with Crippen molar-refractivity contribution in [1.82, 2.24) is 4.90 Å². The largest absolute Gasteiger partial charge is 0.465 e. The molecule has 1 aliphatic heterocycles. The molecule has 0 saturated heterocycles. The first-order chi connectivity index (χ1) is 12.2. The molecule has 3 aromatic rings. The molecule has 1 unspecified atom stereocenters. The van der Waals surface area contributed by atoms with Crippen molar-refractivity contribution in [2.24, 2.45) is 0 Å². The van der Waals surface area contributed by atoms with E-state index in [0.29, 0.717) is 12.1 Å². The lowest BCUT2D eigenvalue weighted by Gasteiger charge is -2.45. The number of hydrogen-bond acceptors (Lipinski definition) is 3. The molecule has 1 aliphatic rings. The quantitative estimate of drug-likeness (QED) is 0.776. The van der Waals surface area contributed by atoms with Crippen molar-refractivity contribution >= 4 is 11.6 Å². The highest BCUT2D eigenvalue weighted by Gasteiger charge is 2.44. The van der Waals surface area contributed by atoms with E-state index in [-0.39, 0.29) is 5.91 Å². The first-order valence-corrected chi connectivity index (χ1v) is 8.45. The lowest BCUT2D eigenvalue weighted by Crippen LogP contribution is -2.56. The number of anilines is 1. The Labute approximate surface area is 147 Å². The molecular weight excluding hydrogens is 312 g/mol. The number of para-hydroxylation sites is 1. The lowest BCUT2D eigenvalue weighted by atomic mass is 9.97. The predicted molar refractivity (Wildman–Crippen MR) is 97.3 cm³/mol. The Bertz CT molecular complexity index is 874. The van der Waals surface area contributed by atoms with E-state index in [4.69, 9.17) is 4.42 Å². The standard InChI is InChI=1S/C21H20N2O2/c1-21(19-12-7-15-25-19)22-18-11-6-5-10-17(18)20(24)23(21)14-13-16-8-3-2-4-9-16/h2-12,15,22H,13-14H2,1H3. The van der Waals surface area contributed by atoms with E-state index >= 15 is 0 Å². The summed E-state index contributed by atoms with van der Waals surface area (Å²) in [5.74, 6) is 0.743. The van der Waals surface area contributed by atoms with Crippen molar-refractivity contribution < 1.29 is 9.21 Å². The minimum Gasteiger partial charge on any atom is -0.465 e. The Kier molecular flexibility index (Phi) is 3.80. The number of fused-ring (bicyclic) bond motifs is 1. The van der Waals surface area contributed by atoms with Crippen molar-refractivity contribution in [3.63, 3.8) is 0 Å². The van der Waals surface area contributed by atoms with Gasteiger partial charge in [0.1, 0.15) is 5.76 Å². The van der Waals surface area contributed by atoms with E-state index < -0.39 is 5.66 Å². The Balaban J connectivity index is 1.71. The summed E-state index contributed by atoms with van der Waals surface area (Å²) in [7, 11) is 0. The summed E-state index contributed by atoms with van der Waals surface area (Å²) >= 11 is 0.